The molecule has 10 heteroatoms. The van der Waals surface area contributed by atoms with Gasteiger partial charge in [0, 0.05) is 34.7 Å². The predicted octanol–water partition coefficient (Wildman–Crippen LogP) is 6.01. The third-order valence-corrected chi connectivity index (χ3v) is 6.89. The van der Waals surface area contributed by atoms with Gasteiger partial charge in [0.15, 0.2) is 5.11 Å². The van der Waals surface area contributed by atoms with Crippen LogP contribution >= 0.6 is 28.1 Å². The minimum absolute atomic E-state index is 0.0271. The number of methoxy groups -OCH3 is 1. The van der Waals surface area contributed by atoms with Crippen molar-refractivity contribution < 1.29 is 18.3 Å². The number of amides is 1. The van der Waals surface area contributed by atoms with E-state index in [0.717, 1.165) is 16.9 Å². The summed E-state index contributed by atoms with van der Waals surface area (Å²) in [4.78, 5) is 18.4. The highest BCUT2D eigenvalue weighted by Crippen LogP contribution is 2.43. The molecule has 2 atom stereocenters. The molecule has 2 aromatic carbocycles. The Hall–Kier alpha value is -3.60. The highest BCUT2D eigenvalue weighted by molar-refractivity contribution is 9.10. The maximum absolute atomic E-state index is 13.6. The van der Waals surface area contributed by atoms with Crippen molar-refractivity contribution in [1.29, 1.82) is 0 Å². The molecule has 1 aliphatic heterocycles. The van der Waals surface area contributed by atoms with Gasteiger partial charge in [0.05, 0.1) is 11.7 Å². The van der Waals surface area contributed by atoms with E-state index in [2.05, 4.69) is 31.5 Å². The number of hydrogen-bond donors (Lipinski definition) is 2. The van der Waals surface area contributed by atoms with Gasteiger partial charge in [-0.15, -0.1) is 0 Å². The number of nitrogens with zero attached hydrogens (tertiary/aromatic N) is 2. The number of hydrogen-bond acceptors (Lipinski definition) is 5. The summed E-state index contributed by atoms with van der Waals surface area (Å²) in [7, 11) is 1.47. The minimum atomic E-state index is -0.357. The topological polar surface area (TPSA) is 79.6 Å². The average molecular weight is 581 g/mol. The summed E-state index contributed by atoms with van der Waals surface area (Å²) in [6.45, 7) is -0.0271. The molecule has 0 spiro atoms. The molecular formula is C27H22BrFN4O3S. The Kier molecular flexibility index (Phi) is 7.31. The van der Waals surface area contributed by atoms with Crippen LogP contribution in [-0.2, 0) is 9.53 Å². The number of ether oxygens (including phenoxy) is 1. The second-order valence-corrected chi connectivity index (χ2v) is 9.59. The molecule has 0 radical (unpaired) electrons. The first-order valence-corrected chi connectivity index (χ1v) is 12.6. The van der Waals surface area contributed by atoms with Crippen molar-refractivity contribution in [3.8, 4) is 11.3 Å². The standard InChI is InChI=1S/C27H22BrFN4O3S/c1-35-15-24(34)31-17-6-8-18(9-7-17)33-26(25(32-27(33)37)21-4-2-3-13-30-21)23-12-11-22(36-23)19-10-5-16(29)14-20(19)28/h2-14,25-26H,15H2,1H3,(H,31,34)(H,32,37)/t25-,26+/m1/s1. The number of carbonyl (C=O) groups is 1. The number of benzene rings is 2. The van der Waals surface area contributed by atoms with Crippen molar-refractivity contribution in [1.82, 2.24) is 10.3 Å². The third-order valence-electron chi connectivity index (χ3n) is 5.92. The number of anilines is 2. The lowest BCUT2D eigenvalue weighted by molar-refractivity contribution is -0.119. The lowest BCUT2D eigenvalue weighted by atomic mass is 10.0. The maximum Gasteiger partial charge on any atom is 0.250 e. The van der Waals surface area contributed by atoms with E-state index in [1.54, 1.807) is 24.4 Å². The molecule has 188 valence electrons. The highest BCUT2D eigenvalue weighted by atomic mass is 79.9. The molecule has 1 amide bonds. The Morgan fingerprint density at radius 2 is 2.00 bits per heavy atom. The minimum Gasteiger partial charge on any atom is -0.459 e. The van der Waals surface area contributed by atoms with Gasteiger partial charge in [-0.2, -0.15) is 0 Å². The number of thiocarbonyl (C=S) groups is 1. The number of nitrogens with one attached hydrogen (secondary N) is 2. The van der Waals surface area contributed by atoms with Gasteiger partial charge in [-0.1, -0.05) is 6.07 Å². The summed E-state index contributed by atoms with van der Waals surface area (Å²) in [5.74, 6) is 0.676. The molecule has 2 N–H and O–H groups in total. The summed E-state index contributed by atoms with van der Waals surface area (Å²) >= 11 is 9.18. The van der Waals surface area contributed by atoms with Crippen LogP contribution in [0.5, 0.6) is 0 Å². The fourth-order valence-corrected chi connectivity index (χ4v) is 5.19. The van der Waals surface area contributed by atoms with Crippen LogP contribution in [0.15, 0.2) is 87.9 Å². The quantitative estimate of drug-likeness (QED) is 0.259. The number of halogens is 2. The van der Waals surface area contributed by atoms with Crippen LogP contribution in [0.25, 0.3) is 11.3 Å². The van der Waals surface area contributed by atoms with E-state index in [9.17, 15) is 9.18 Å². The van der Waals surface area contributed by atoms with E-state index >= 15 is 0 Å². The SMILES string of the molecule is COCC(=O)Nc1ccc(N2C(=S)N[C@H](c3ccccn3)[C@@H]2c2ccc(-c3ccc(F)cc3Br)o2)cc1. The summed E-state index contributed by atoms with van der Waals surface area (Å²) in [5, 5.41) is 6.69. The summed E-state index contributed by atoms with van der Waals surface area (Å²) in [6.07, 6.45) is 1.74. The first-order chi connectivity index (χ1) is 17.9. The molecule has 0 unspecified atom stereocenters. The van der Waals surface area contributed by atoms with E-state index in [-0.39, 0.29) is 30.4 Å². The molecule has 1 aliphatic rings. The number of aromatic nitrogens is 1. The molecule has 7 nitrogen and oxygen atoms in total. The Morgan fingerprint density at radius 3 is 2.70 bits per heavy atom. The van der Waals surface area contributed by atoms with E-state index in [0.29, 0.717) is 26.8 Å². The van der Waals surface area contributed by atoms with Crippen LogP contribution in [0.1, 0.15) is 23.5 Å². The first-order valence-electron chi connectivity index (χ1n) is 11.4. The lowest BCUT2D eigenvalue weighted by Crippen LogP contribution is -2.29. The highest BCUT2D eigenvalue weighted by Gasteiger charge is 2.42. The Morgan fingerprint density at radius 1 is 1.19 bits per heavy atom. The van der Waals surface area contributed by atoms with Gasteiger partial charge < -0.3 is 24.7 Å². The van der Waals surface area contributed by atoms with E-state index in [1.807, 2.05) is 47.4 Å². The van der Waals surface area contributed by atoms with Crippen molar-refractivity contribution in [3.63, 3.8) is 0 Å². The van der Waals surface area contributed by atoms with Crippen LogP contribution in [0, 0.1) is 5.82 Å². The normalized spacial score (nSPS) is 17.1. The smallest absolute Gasteiger partial charge is 0.250 e. The van der Waals surface area contributed by atoms with Crippen LogP contribution in [0.3, 0.4) is 0 Å². The van der Waals surface area contributed by atoms with E-state index < -0.39 is 0 Å². The Labute approximate surface area is 226 Å². The molecule has 5 rings (SSSR count). The second kappa shape index (κ2) is 10.8. The molecule has 0 aliphatic carbocycles. The van der Waals surface area contributed by atoms with Gasteiger partial charge in [0.1, 0.15) is 30.0 Å². The molecule has 37 heavy (non-hydrogen) atoms. The molecule has 0 bridgehead atoms. The first kappa shape index (κ1) is 25.1. The van der Waals surface area contributed by atoms with Crippen LogP contribution in [-0.4, -0.2) is 29.7 Å². The third kappa shape index (κ3) is 5.27. The molecular weight excluding hydrogens is 559 g/mol. The maximum atomic E-state index is 13.6. The molecule has 4 aromatic rings. The summed E-state index contributed by atoms with van der Waals surface area (Å²) in [5.41, 5.74) is 3.00. The van der Waals surface area contributed by atoms with Gasteiger partial charge in [-0.05, 0) is 94.9 Å². The molecule has 0 saturated carbocycles. The van der Waals surface area contributed by atoms with Gasteiger partial charge in [-0.25, -0.2) is 4.39 Å². The lowest BCUT2D eigenvalue weighted by Gasteiger charge is -2.26. The number of furan rings is 1. The van der Waals surface area contributed by atoms with Gasteiger partial charge >= 0.3 is 0 Å². The molecule has 2 aromatic heterocycles. The number of carbonyl (C=O) groups excluding carboxylic acids is 1. The zero-order valence-corrected chi connectivity index (χ0v) is 22.1. The van der Waals surface area contributed by atoms with Gasteiger partial charge in [0.2, 0.25) is 5.91 Å². The van der Waals surface area contributed by atoms with Crippen molar-refractivity contribution in [2.75, 3.05) is 23.9 Å². The van der Waals surface area contributed by atoms with Crippen molar-refractivity contribution in [2.45, 2.75) is 12.1 Å². The fourth-order valence-electron chi connectivity index (χ4n) is 4.30. The van der Waals surface area contributed by atoms with Crippen LogP contribution in [0.2, 0.25) is 0 Å². The van der Waals surface area contributed by atoms with Gasteiger partial charge in [-0.3, -0.25) is 9.78 Å². The van der Waals surface area contributed by atoms with Crippen LogP contribution < -0.4 is 15.5 Å². The average Bonchev–Trinajstić information content (AvgIpc) is 3.50. The number of pyridine rings is 1. The molecule has 1 saturated heterocycles. The summed E-state index contributed by atoms with van der Waals surface area (Å²) < 4.78 is 25.5. The number of rotatable bonds is 7. The summed E-state index contributed by atoms with van der Waals surface area (Å²) in [6, 6.07) is 20.7. The largest absolute Gasteiger partial charge is 0.459 e. The zero-order valence-electron chi connectivity index (χ0n) is 19.7. The Bertz CT molecular complexity index is 1430. The monoisotopic (exact) mass is 580 g/mol. The second-order valence-electron chi connectivity index (χ2n) is 8.35. The van der Waals surface area contributed by atoms with E-state index in [1.165, 1.54) is 19.2 Å². The molecule has 1 fully saturated rings. The van der Waals surface area contributed by atoms with Crippen molar-refractivity contribution >= 4 is 50.5 Å². The zero-order chi connectivity index (χ0) is 25.9. The predicted molar refractivity (Wildman–Crippen MR) is 147 cm³/mol. The van der Waals surface area contributed by atoms with Crippen LogP contribution in [0.4, 0.5) is 15.8 Å². The Balaban J connectivity index is 1.52. The van der Waals surface area contributed by atoms with Gasteiger partial charge in [0.25, 0.3) is 0 Å². The van der Waals surface area contributed by atoms with Crippen molar-refractivity contribution in [2.24, 2.45) is 0 Å². The van der Waals surface area contributed by atoms with Crippen molar-refractivity contribution in [3.05, 3.63) is 101 Å². The van der Waals surface area contributed by atoms with E-state index in [4.69, 9.17) is 21.4 Å². The fraction of sp³-hybridized carbons (Fsp3) is 0.148. The molecule has 3 heterocycles.